The zero-order chi connectivity index (χ0) is 17.8. The Bertz CT molecular complexity index is 741. The monoisotopic (exact) mass is 363 g/mol. The molecule has 2 heterocycles. The summed E-state index contributed by atoms with van der Waals surface area (Å²) in [5, 5.41) is 31.3. The third kappa shape index (κ3) is 4.36. The van der Waals surface area contributed by atoms with Crippen LogP contribution in [0.5, 0.6) is 5.75 Å². The first-order valence-corrected chi connectivity index (χ1v) is 8.74. The molecule has 7 nitrogen and oxygen atoms in total. The van der Waals surface area contributed by atoms with Gasteiger partial charge in [-0.3, -0.25) is 4.90 Å². The zero-order valence-electron chi connectivity index (χ0n) is 14.1. The van der Waals surface area contributed by atoms with Crippen LogP contribution in [0.1, 0.15) is 18.5 Å². The van der Waals surface area contributed by atoms with Gasteiger partial charge in [-0.25, -0.2) is 4.98 Å². The third-order valence-corrected chi connectivity index (χ3v) is 4.57. The van der Waals surface area contributed by atoms with Gasteiger partial charge in [0, 0.05) is 29.7 Å². The van der Waals surface area contributed by atoms with Gasteiger partial charge >= 0.3 is 0 Å². The van der Waals surface area contributed by atoms with E-state index in [1.807, 2.05) is 6.92 Å². The maximum Gasteiger partial charge on any atom is 0.243 e. The first-order valence-electron chi connectivity index (χ1n) is 8.37. The Kier molecular flexibility index (Phi) is 5.67. The van der Waals surface area contributed by atoms with E-state index in [1.54, 1.807) is 12.1 Å². The fourth-order valence-electron chi connectivity index (χ4n) is 3.12. The van der Waals surface area contributed by atoms with Crippen molar-refractivity contribution < 1.29 is 10.2 Å². The number of aromatic hydroxyl groups is 1. The molecule has 3 N–H and O–H groups in total. The smallest absolute Gasteiger partial charge is 0.243 e. The number of nitrogens with zero attached hydrogens (tertiary/aromatic N) is 4. The molecular weight excluding hydrogens is 342 g/mol. The van der Waals surface area contributed by atoms with E-state index in [-0.39, 0.29) is 18.4 Å². The fraction of sp³-hybridized carbons (Fsp3) is 0.471. The number of phenolic OH excluding ortho intramolecular Hbond substituents is 1. The third-order valence-electron chi connectivity index (χ3n) is 4.33. The minimum absolute atomic E-state index is 0.0549. The van der Waals surface area contributed by atoms with E-state index in [0.717, 1.165) is 25.9 Å². The molecule has 0 unspecified atom stereocenters. The number of β-amino-alcohol motifs (C(OH)–C–C–N with tert-alkyl or cyclic N) is 1. The lowest BCUT2D eigenvalue weighted by Crippen LogP contribution is -2.43. The maximum atomic E-state index is 10.1. The van der Waals surface area contributed by atoms with Gasteiger partial charge in [0.05, 0.1) is 12.3 Å². The van der Waals surface area contributed by atoms with Crippen LogP contribution in [-0.4, -0.2) is 62.6 Å². The van der Waals surface area contributed by atoms with Crippen LogP contribution in [0.2, 0.25) is 5.02 Å². The van der Waals surface area contributed by atoms with E-state index >= 15 is 0 Å². The first-order chi connectivity index (χ1) is 12.1. The predicted octanol–water partition coefficient (Wildman–Crippen LogP) is 2.07. The van der Waals surface area contributed by atoms with Crippen molar-refractivity contribution >= 4 is 17.5 Å². The number of hydrogen-bond donors (Lipinski definition) is 3. The molecule has 1 aromatic carbocycles. The van der Waals surface area contributed by atoms with Crippen LogP contribution in [0.4, 0.5) is 5.95 Å². The predicted molar refractivity (Wildman–Crippen MR) is 96.8 cm³/mol. The van der Waals surface area contributed by atoms with E-state index in [0.29, 0.717) is 34.5 Å². The Morgan fingerprint density at radius 2 is 2.20 bits per heavy atom. The number of aliphatic hydroxyl groups excluding tert-OH is 1. The molecule has 0 bridgehead atoms. The number of aliphatic hydroxyl groups is 1. The van der Waals surface area contributed by atoms with Gasteiger partial charge < -0.3 is 15.5 Å². The summed E-state index contributed by atoms with van der Waals surface area (Å²) in [6.07, 6.45) is 2.10. The summed E-state index contributed by atoms with van der Waals surface area (Å²) in [5.41, 5.74) is 1.77. The number of hydrogen-bond acceptors (Lipinski definition) is 7. The molecule has 0 spiro atoms. The highest BCUT2D eigenvalue weighted by Crippen LogP contribution is 2.31. The van der Waals surface area contributed by atoms with Gasteiger partial charge in [-0.2, -0.15) is 0 Å². The van der Waals surface area contributed by atoms with Crippen LogP contribution < -0.4 is 5.32 Å². The van der Waals surface area contributed by atoms with Crippen LogP contribution in [0.3, 0.4) is 0 Å². The lowest BCUT2D eigenvalue weighted by atomic mass is 10.1. The molecule has 3 rings (SSSR count). The van der Waals surface area contributed by atoms with Crippen molar-refractivity contribution in [3.05, 3.63) is 28.9 Å². The van der Waals surface area contributed by atoms with Crippen molar-refractivity contribution in [2.45, 2.75) is 25.8 Å². The molecule has 1 aromatic heterocycles. The molecule has 0 saturated carbocycles. The molecule has 1 atom stereocenters. The van der Waals surface area contributed by atoms with E-state index in [4.69, 9.17) is 16.7 Å². The van der Waals surface area contributed by atoms with Crippen molar-refractivity contribution in [1.82, 2.24) is 20.1 Å². The second-order valence-electron chi connectivity index (χ2n) is 6.24. The summed E-state index contributed by atoms with van der Waals surface area (Å²) < 4.78 is 0. The maximum absolute atomic E-state index is 10.1. The molecule has 8 heteroatoms. The van der Waals surface area contributed by atoms with E-state index in [1.165, 1.54) is 6.07 Å². The molecule has 25 heavy (non-hydrogen) atoms. The molecule has 0 amide bonds. The van der Waals surface area contributed by atoms with Gasteiger partial charge in [-0.05, 0) is 44.5 Å². The highest BCUT2D eigenvalue weighted by molar-refractivity contribution is 6.30. The first kappa shape index (κ1) is 17.8. The molecule has 1 aliphatic rings. The summed E-state index contributed by atoms with van der Waals surface area (Å²) in [6.45, 7) is 4.55. The molecule has 134 valence electrons. The number of nitrogens with one attached hydrogen (secondary N) is 1. The zero-order valence-corrected chi connectivity index (χ0v) is 14.9. The Hall–Kier alpha value is -1.96. The highest BCUT2D eigenvalue weighted by Gasteiger charge is 2.20. The van der Waals surface area contributed by atoms with Crippen LogP contribution in [0.15, 0.2) is 18.2 Å². The molecule has 1 fully saturated rings. The quantitative estimate of drug-likeness (QED) is 0.748. The fourth-order valence-corrected chi connectivity index (χ4v) is 3.29. The standard InChI is InChI=1S/C17H22ClN5O2/c1-11-16(14-5-4-12(18)9-15(14)25)21-22-17(19-11)20-13-3-2-6-23(10-13)7-8-24/h4-5,9,13,24-25H,2-3,6-8,10H2,1H3,(H,19,20,22)/t13-/m1/s1. The summed E-state index contributed by atoms with van der Waals surface area (Å²) in [7, 11) is 0. The minimum Gasteiger partial charge on any atom is -0.507 e. The number of aromatic nitrogens is 3. The SMILES string of the molecule is Cc1nc(N[C@@H]2CCCN(CCO)C2)nnc1-c1ccc(Cl)cc1O. The number of rotatable bonds is 5. The highest BCUT2D eigenvalue weighted by atomic mass is 35.5. The summed E-state index contributed by atoms with van der Waals surface area (Å²) in [4.78, 5) is 6.71. The Morgan fingerprint density at radius 3 is 2.92 bits per heavy atom. The lowest BCUT2D eigenvalue weighted by Gasteiger charge is -2.32. The van der Waals surface area contributed by atoms with Gasteiger partial charge in [0.25, 0.3) is 0 Å². The van der Waals surface area contributed by atoms with E-state index < -0.39 is 0 Å². The van der Waals surface area contributed by atoms with Crippen molar-refractivity contribution in [1.29, 1.82) is 0 Å². The van der Waals surface area contributed by atoms with Crippen LogP contribution in [-0.2, 0) is 0 Å². The summed E-state index contributed by atoms with van der Waals surface area (Å²) in [5.74, 6) is 0.532. The topological polar surface area (TPSA) is 94.4 Å². The summed E-state index contributed by atoms with van der Waals surface area (Å²) in [6, 6.07) is 5.11. The Balaban J connectivity index is 1.73. The number of likely N-dealkylation sites (tertiary alicyclic amines) is 1. The van der Waals surface area contributed by atoms with Crippen LogP contribution in [0, 0.1) is 6.92 Å². The van der Waals surface area contributed by atoms with Crippen LogP contribution in [0.25, 0.3) is 11.3 Å². The Morgan fingerprint density at radius 1 is 1.36 bits per heavy atom. The number of phenols is 1. The molecule has 1 aliphatic heterocycles. The van der Waals surface area contributed by atoms with Gasteiger partial charge in [-0.1, -0.05) is 11.6 Å². The van der Waals surface area contributed by atoms with Gasteiger partial charge in [0.1, 0.15) is 11.4 Å². The largest absolute Gasteiger partial charge is 0.507 e. The van der Waals surface area contributed by atoms with Gasteiger partial charge in [0.15, 0.2) is 0 Å². The lowest BCUT2D eigenvalue weighted by molar-refractivity contribution is 0.166. The van der Waals surface area contributed by atoms with Crippen molar-refractivity contribution in [3.8, 4) is 17.0 Å². The van der Waals surface area contributed by atoms with Crippen molar-refractivity contribution in [2.75, 3.05) is 31.6 Å². The second-order valence-corrected chi connectivity index (χ2v) is 6.68. The number of piperidine rings is 1. The number of benzene rings is 1. The molecular formula is C17H22ClN5O2. The number of halogens is 1. The van der Waals surface area contributed by atoms with Gasteiger partial charge in [0.2, 0.25) is 5.95 Å². The van der Waals surface area contributed by atoms with Crippen LogP contribution >= 0.6 is 11.6 Å². The van der Waals surface area contributed by atoms with E-state index in [2.05, 4.69) is 25.4 Å². The molecule has 0 aliphatic carbocycles. The normalized spacial score (nSPS) is 18.3. The van der Waals surface area contributed by atoms with E-state index in [9.17, 15) is 5.11 Å². The average molecular weight is 364 g/mol. The molecule has 2 aromatic rings. The van der Waals surface area contributed by atoms with Crippen molar-refractivity contribution in [2.24, 2.45) is 0 Å². The average Bonchev–Trinajstić information content (AvgIpc) is 2.57. The molecule has 0 radical (unpaired) electrons. The minimum atomic E-state index is 0.0549. The number of aryl methyl sites for hydroxylation is 1. The van der Waals surface area contributed by atoms with Crippen molar-refractivity contribution in [3.63, 3.8) is 0 Å². The Labute approximate surface area is 151 Å². The number of anilines is 1. The molecule has 1 saturated heterocycles. The summed E-state index contributed by atoms with van der Waals surface area (Å²) >= 11 is 5.87. The van der Waals surface area contributed by atoms with Gasteiger partial charge in [-0.15, -0.1) is 10.2 Å². The second kappa shape index (κ2) is 7.95.